The predicted octanol–water partition coefficient (Wildman–Crippen LogP) is 4.36. The molecule has 0 aliphatic heterocycles. The largest absolute Gasteiger partial charge is 0.469 e. The van der Waals surface area contributed by atoms with Gasteiger partial charge in [-0.25, -0.2) is 0 Å². The van der Waals surface area contributed by atoms with Gasteiger partial charge in [0.2, 0.25) is 5.91 Å². The highest BCUT2D eigenvalue weighted by atomic mass is 79.9. The van der Waals surface area contributed by atoms with Gasteiger partial charge in [0.05, 0.1) is 17.6 Å². The summed E-state index contributed by atoms with van der Waals surface area (Å²) in [5.74, 6) is 1.73. The summed E-state index contributed by atoms with van der Waals surface area (Å²) in [5.41, 5.74) is 1.68. The van der Waals surface area contributed by atoms with Crippen molar-refractivity contribution in [1.82, 2.24) is 14.8 Å². The molecule has 1 aromatic carbocycles. The Morgan fingerprint density at radius 2 is 2.04 bits per heavy atom. The van der Waals surface area contributed by atoms with Crippen LogP contribution in [0.25, 0.3) is 11.4 Å². The number of amides is 1. The van der Waals surface area contributed by atoms with Crippen LogP contribution in [0, 0.1) is 6.92 Å². The first kappa shape index (κ1) is 17.8. The van der Waals surface area contributed by atoms with Crippen molar-refractivity contribution < 1.29 is 9.21 Å². The topological polar surface area (TPSA) is 73.0 Å². The number of aryl methyl sites for hydroxylation is 1. The number of thioether (sulfide) groups is 1. The van der Waals surface area contributed by atoms with Crippen LogP contribution in [0.4, 0.5) is 5.69 Å². The molecule has 2 heterocycles. The first-order valence-electron chi connectivity index (χ1n) is 7.74. The van der Waals surface area contributed by atoms with Gasteiger partial charge in [-0.3, -0.25) is 4.79 Å². The molecule has 3 aromatic rings. The first-order chi connectivity index (χ1) is 12.1. The highest BCUT2D eigenvalue weighted by molar-refractivity contribution is 9.10. The Balaban J connectivity index is 1.67. The van der Waals surface area contributed by atoms with Crippen LogP contribution in [-0.4, -0.2) is 26.4 Å². The van der Waals surface area contributed by atoms with E-state index in [1.165, 1.54) is 11.8 Å². The molecule has 6 nitrogen and oxygen atoms in total. The Kier molecular flexibility index (Phi) is 5.60. The molecule has 1 amide bonds. The summed E-state index contributed by atoms with van der Waals surface area (Å²) in [7, 11) is 0. The predicted molar refractivity (Wildman–Crippen MR) is 102 cm³/mol. The van der Waals surface area contributed by atoms with Crippen molar-refractivity contribution in [2.75, 3.05) is 11.1 Å². The van der Waals surface area contributed by atoms with Crippen molar-refractivity contribution in [2.24, 2.45) is 0 Å². The van der Waals surface area contributed by atoms with Crippen molar-refractivity contribution in [3.05, 3.63) is 46.8 Å². The number of rotatable bonds is 6. The van der Waals surface area contributed by atoms with Gasteiger partial charge in [-0.05, 0) is 44.2 Å². The fraction of sp³-hybridized carbons (Fsp3) is 0.235. The second-order valence-corrected chi connectivity index (χ2v) is 7.14. The summed E-state index contributed by atoms with van der Waals surface area (Å²) in [6.45, 7) is 4.63. The van der Waals surface area contributed by atoms with E-state index in [-0.39, 0.29) is 11.7 Å². The Morgan fingerprint density at radius 1 is 1.28 bits per heavy atom. The van der Waals surface area contributed by atoms with Gasteiger partial charge in [0, 0.05) is 16.7 Å². The van der Waals surface area contributed by atoms with Gasteiger partial charge in [-0.15, -0.1) is 10.2 Å². The van der Waals surface area contributed by atoms with Crippen molar-refractivity contribution >= 4 is 39.3 Å². The average molecular weight is 421 g/mol. The number of hydrogen-bond donors (Lipinski definition) is 1. The molecule has 25 heavy (non-hydrogen) atoms. The molecule has 0 aliphatic rings. The van der Waals surface area contributed by atoms with Crippen LogP contribution in [-0.2, 0) is 11.3 Å². The Morgan fingerprint density at radius 3 is 2.68 bits per heavy atom. The van der Waals surface area contributed by atoms with E-state index in [9.17, 15) is 4.79 Å². The van der Waals surface area contributed by atoms with Crippen molar-refractivity contribution in [3.8, 4) is 11.4 Å². The Labute approximate surface area is 158 Å². The lowest BCUT2D eigenvalue weighted by Gasteiger charge is -2.07. The van der Waals surface area contributed by atoms with Crippen molar-refractivity contribution in [3.63, 3.8) is 0 Å². The minimum atomic E-state index is -0.0842. The Hall–Kier alpha value is -2.06. The highest BCUT2D eigenvalue weighted by Gasteiger charge is 2.17. The zero-order valence-corrected chi connectivity index (χ0v) is 16.2. The molecule has 0 bridgehead atoms. The molecule has 2 aromatic heterocycles. The number of nitrogens with zero attached hydrogens (tertiary/aromatic N) is 3. The number of aromatic nitrogens is 3. The summed E-state index contributed by atoms with van der Waals surface area (Å²) in [6.07, 6.45) is 1.64. The lowest BCUT2D eigenvalue weighted by atomic mass is 10.2. The SMILES string of the molecule is CCn1c(SCC(=O)Nc2ccc(Br)cc2)nnc1-c1ccoc1C. The van der Waals surface area contributed by atoms with Crippen LogP contribution in [0.1, 0.15) is 12.7 Å². The van der Waals surface area contributed by atoms with Gasteiger partial charge < -0.3 is 14.3 Å². The molecule has 3 rings (SSSR count). The minimum absolute atomic E-state index is 0.0842. The zero-order valence-electron chi connectivity index (χ0n) is 13.8. The first-order valence-corrected chi connectivity index (χ1v) is 9.52. The van der Waals surface area contributed by atoms with Crippen LogP contribution in [0.3, 0.4) is 0 Å². The summed E-state index contributed by atoms with van der Waals surface area (Å²) in [5, 5.41) is 12.1. The van der Waals surface area contributed by atoms with E-state index in [4.69, 9.17) is 4.42 Å². The monoisotopic (exact) mass is 420 g/mol. The zero-order chi connectivity index (χ0) is 17.8. The molecule has 0 spiro atoms. The minimum Gasteiger partial charge on any atom is -0.469 e. The van der Waals surface area contributed by atoms with Gasteiger partial charge in [0.15, 0.2) is 11.0 Å². The smallest absolute Gasteiger partial charge is 0.234 e. The average Bonchev–Trinajstić information content (AvgIpc) is 3.20. The van der Waals surface area contributed by atoms with Gasteiger partial charge in [0.1, 0.15) is 5.76 Å². The second-order valence-electron chi connectivity index (χ2n) is 5.28. The third kappa shape index (κ3) is 4.13. The molecule has 0 saturated carbocycles. The van der Waals surface area contributed by atoms with Gasteiger partial charge in [-0.2, -0.15) is 0 Å². The lowest BCUT2D eigenvalue weighted by molar-refractivity contribution is -0.113. The molecule has 8 heteroatoms. The summed E-state index contributed by atoms with van der Waals surface area (Å²) in [4.78, 5) is 12.1. The molecule has 0 fully saturated rings. The molecule has 0 unspecified atom stereocenters. The normalized spacial score (nSPS) is 10.8. The van der Waals surface area contributed by atoms with Gasteiger partial charge in [0.25, 0.3) is 0 Å². The van der Waals surface area contributed by atoms with Gasteiger partial charge in [-0.1, -0.05) is 27.7 Å². The molecular weight excluding hydrogens is 404 g/mol. The highest BCUT2D eigenvalue weighted by Crippen LogP contribution is 2.27. The number of carbonyl (C=O) groups excluding carboxylic acids is 1. The fourth-order valence-corrected chi connectivity index (χ4v) is 3.42. The molecule has 0 atom stereocenters. The molecule has 0 aliphatic carbocycles. The van der Waals surface area contributed by atoms with Crippen LogP contribution >= 0.6 is 27.7 Å². The summed E-state index contributed by atoms with van der Waals surface area (Å²) in [6, 6.07) is 9.34. The third-order valence-electron chi connectivity index (χ3n) is 3.59. The van der Waals surface area contributed by atoms with E-state index in [0.29, 0.717) is 11.7 Å². The van der Waals surface area contributed by atoms with E-state index in [0.717, 1.165) is 27.3 Å². The van der Waals surface area contributed by atoms with Crippen LogP contribution in [0.2, 0.25) is 0 Å². The van der Waals surface area contributed by atoms with Crippen molar-refractivity contribution in [2.45, 2.75) is 25.5 Å². The quantitative estimate of drug-likeness (QED) is 0.599. The van der Waals surface area contributed by atoms with Crippen LogP contribution < -0.4 is 5.32 Å². The fourth-order valence-electron chi connectivity index (χ4n) is 2.36. The van der Waals surface area contributed by atoms with Crippen LogP contribution in [0.15, 0.2) is 50.6 Å². The number of furan rings is 1. The molecule has 0 radical (unpaired) electrons. The van der Waals surface area contributed by atoms with E-state index >= 15 is 0 Å². The molecule has 130 valence electrons. The number of hydrogen-bond acceptors (Lipinski definition) is 5. The lowest BCUT2D eigenvalue weighted by Crippen LogP contribution is -2.14. The summed E-state index contributed by atoms with van der Waals surface area (Å²) >= 11 is 4.73. The van der Waals surface area contributed by atoms with Gasteiger partial charge >= 0.3 is 0 Å². The maximum absolute atomic E-state index is 12.1. The number of nitrogens with one attached hydrogen (secondary N) is 1. The van der Waals surface area contributed by atoms with Crippen molar-refractivity contribution in [1.29, 1.82) is 0 Å². The molecular formula is C17H17BrN4O2S. The number of benzene rings is 1. The number of halogens is 1. The molecule has 0 saturated heterocycles. The standard InChI is InChI=1S/C17H17BrN4O2S/c1-3-22-16(14-8-9-24-11(14)2)20-21-17(22)25-10-15(23)19-13-6-4-12(18)5-7-13/h4-9H,3,10H2,1-2H3,(H,19,23). The van der Waals surface area contributed by atoms with Crippen LogP contribution in [0.5, 0.6) is 0 Å². The summed E-state index contributed by atoms with van der Waals surface area (Å²) < 4.78 is 8.30. The Bertz CT molecular complexity index is 873. The molecule has 1 N–H and O–H groups in total. The van der Waals surface area contributed by atoms with E-state index in [1.807, 2.05) is 48.7 Å². The number of carbonyl (C=O) groups is 1. The van der Waals surface area contributed by atoms with E-state index in [1.54, 1.807) is 6.26 Å². The third-order valence-corrected chi connectivity index (χ3v) is 5.09. The number of anilines is 1. The second kappa shape index (κ2) is 7.88. The van der Waals surface area contributed by atoms with E-state index < -0.39 is 0 Å². The maximum Gasteiger partial charge on any atom is 0.234 e. The van der Waals surface area contributed by atoms with E-state index in [2.05, 4.69) is 31.4 Å². The maximum atomic E-state index is 12.1.